The molecule has 4 N–H and O–H groups in total. The Morgan fingerprint density at radius 3 is 2.61 bits per heavy atom. The first-order valence-electron chi connectivity index (χ1n) is 10.5. The number of sulfonamides is 1. The highest BCUT2D eigenvalue weighted by molar-refractivity contribution is 9.10. The van der Waals surface area contributed by atoms with Gasteiger partial charge in [0.2, 0.25) is 15.9 Å². The van der Waals surface area contributed by atoms with Crippen molar-refractivity contribution in [3.8, 4) is 22.6 Å². The molecule has 3 rings (SSSR count). The predicted octanol–water partition coefficient (Wildman–Crippen LogP) is 3.44. The van der Waals surface area contributed by atoms with Crippen LogP contribution in [0.25, 0.3) is 22.6 Å². The van der Waals surface area contributed by atoms with Crippen LogP contribution < -0.4 is 15.4 Å². The molecule has 2 amide bonds. The fraction of sp³-hybridized carbons (Fsp3) is 0.227. The molecular weight excluding hydrogens is 581 g/mol. The van der Waals surface area contributed by atoms with E-state index in [1.54, 1.807) is 24.4 Å². The first kappa shape index (κ1) is 27.6. The highest BCUT2D eigenvalue weighted by Gasteiger charge is 2.19. The molecule has 36 heavy (non-hydrogen) atoms. The molecule has 14 heteroatoms. The summed E-state index contributed by atoms with van der Waals surface area (Å²) in [6, 6.07) is 9.06. The van der Waals surface area contributed by atoms with Crippen molar-refractivity contribution in [3.63, 3.8) is 0 Å². The number of amides is 2. The Balaban J connectivity index is 1.62. The summed E-state index contributed by atoms with van der Waals surface area (Å²) in [7, 11) is -2.79. The maximum Gasteiger partial charge on any atom is 0.407 e. The third kappa shape index (κ3) is 7.26. The highest BCUT2D eigenvalue weighted by Crippen LogP contribution is 2.29. The molecular formula is C22H22BrClFN5O5S. The predicted molar refractivity (Wildman–Crippen MR) is 135 cm³/mol. The van der Waals surface area contributed by atoms with Gasteiger partial charge in [0.1, 0.15) is 16.5 Å². The smallest absolute Gasteiger partial charge is 0.407 e. The summed E-state index contributed by atoms with van der Waals surface area (Å²) >= 11 is 9.27. The number of H-pyrrole nitrogens is 1. The molecule has 0 spiro atoms. The number of nitrogens with zero attached hydrogens (tertiary/aromatic N) is 1. The molecule has 3 aromatic rings. The summed E-state index contributed by atoms with van der Waals surface area (Å²) < 4.78 is 46.6. The van der Waals surface area contributed by atoms with E-state index in [9.17, 15) is 22.4 Å². The summed E-state index contributed by atoms with van der Waals surface area (Å²) in [5.41, 5.74) is 1.50. The van der Waals surface area contributed by atoms with Crippen molar-refractivity contribution >= 4 is 49.6 Å². The number of hydrogen-bond donors (Lipinski definition) is 4. The standard InChI is InChI=1S/C22H22BrClFN5O5S/c1-35-22(32)28-12-20(31)26-7-2-8-29-36(33,34)19-10-14(4-6-16(19)24)21-27-11-18(30-21)13-3-5-15(23)17(25)9-13/h3-6,9-11,29H,2,7-8,12H2,1H3,(H,26,31)(H,27,30)(H,28,32). The van der Waals surface area contributed by atoms with Gasteiger partial charge in [-0.3, -0.25) is 4.79 Å². The Kier molecular flexibility index (Phi) is 9.43. The number of carbonyl (C=O) groups excluding carboxylic acids is 2. The molecule has 192 valence electrons. The maximum atomic E-state index is 13.9. The molecule has 0 aliphatic heterocycles. The second kappa shape index (κ2) is 12.3. The average molecular weight is 603 g/mol. The van der Waals surface area contributed by atoms with Gasteiger partial charge in [-0.2, -0.15) is 0 Å². The van der Waals surface area contributed by atoms with Gasteiger partial charge in [0.25, 0.3) is 0 Å². The van der Waals surface area contributed by atoms with Crippen molar-refractivity contribution < 1.29 is 27.1 Å². The number of hydrogen-bond acceptors (Lipinski definition) is 6. The first-order valence-corrected chi connectivity index (χ1v) is 13.1. The van der Waals surface area contributed by atoms with Crippen LogP contribution in [0.1, 0.15) is 6.42 Å². The minimum Gasteiger partial charge on any atom is -0.453 e. The number of nitrogens with one attached hydrogen (secondary N) is 4. The fourth-order valence-corrected chi connectivity index (χ4v) is 4.86. The lowest BCUT2D eigenvalue weighted by Gasteiger charge is -2.10. The Hall–Kier alpha value is -3.00. The van der Waals surface area contributed by atoms with Crippen LogP contribution in [0, 0.1) is 5.82 Å². The van der Waals surface area contributed by atoms with E-state index < -0.39 is 27.8 Å². The topological polar surface area (TPSA) is 142 Å². The second-order valence-corrected chi connectivity index (χ2v) is 10.4. The number of ether oxygens (including phenoxy) is 1. The summed E-state index contributed by atoms with van der Waals surface area (Å²) in [6.07, 6.45) is 1.16. The van der Waals surface area contributed by atoms with Gasteiger partial charge in [0.05, 0.1) is 28.8 Å². The van der Waals surface area contributed by atoms with Gasteiger partial charge in [-0.1, -0.05) is 17.7 Å². The van der Waals surface area contributed by atoms with E-state index in [2.05, 4.69) is 46.0 Å². The molecule has 10 nitrogen and oxygen atoms in total. The Morgan fingerprint density at radius 1 is 1.14 bits per heavy atom. The number of carbonyl (C=O) groups is 2. The van der Waals surface area contributed by atoms with Crippen molar-refractivity contribution in [3.05, 3.63) is 57.9 Å². The number of aromatic nitrogens is 2. The van der Waals surface area contributed by atoms with Crippen LogP contribution in [-0.2, 0) is 19.6 Å². The minimum atomic E-state index is -3.97. The lowest BCUT2D eigenvalue weighted by molar-refractivity contribution is -0.120. The Labute approximate surface area is 220 Å². The number of imidazole rings is 1. The van der Waals surface area contributed by atoms with Crippen LogP contribution in [0.15, 0.2) is 52.0 Å². The summed E-state index contributed by atoms with van der Waals surface area (Å²) in [6.45, 7) is -0.0382. The molecule has 0 saturated carbocycles. The van der Waals surface area contributed by atoms with Crippen LogP contribution >= 0.6 is 27.5 Å². The molecule has 0 aliphatic carbocycles. The zero-order valence-corrected chi connectivity index (χ0v) is 22.1. The van der Waals surface area contributed by atoms with E-state index in [4.69, 9.17) is 11.6 Å². The maximum absolute atomic E-state index is 13.9. The lowest BCUT2D eigenvalue weighted by atomic mass is 10.2. The molecule has 0 radical (unpaired) electrons. The number of aromatic amines is 1. The minimum absolute atomic E-state index is 0.0233. The summed E-state index contributed by atoms with van der Waals surface area (Å²) in [5.74, 6) is -0.493. The van der Waals surface area contributed by atoms with Crippen molar-refractivity contribution in [1.29, 1.82) is 0 Å². The SMILES string of the molecule is COC(=O)NCC(=O)NCCCNS(=O)(=O)c1cc(-c2nc(-c3ccc(Br)c(F)c3)c[nH]2)ccc1Cl. The van der Waals surface area contributed by atoms with Crippen molar-refractivity contribution in [1.82, 2.24) is 25.3 Å². The monoisotopic (exact) mass is 601 g/mol. The molecule has 0 aliphatic rings. The van der Waals surface area contributed by atoms with E-state index in [-0.39, 0.29) is 29.6 Å². The number of methoxy groups -OCH3 is 1. The van der Waals surface area contributed by atoms with E-state index in [1.165, 1.54) is 25.3 Å². The van der Waals surface area contributed by atoms with Crippen LogP contribution in [0.2, 0.25) is 5.02 Å². The van der Waals surface area contributed by atoms with Crippen molar-refractivity contribution in [2.24, 2.45) is 0 Å². The molecule has 1 aromatic heterocycles. The molecule has 2 aromatic carbocycles. The van der Waals surface area contributed by atoms with E-state index in [1.807, 2.05) is 0 Å². The van der Waals surface area contributed by atoms with Gasteiger partial charge in [-0.25, -0.2) is 27.3 Å². The average Bonchev–Trinajstić information content (AvgIpc) is 3.34. The van der Waals surface area contributed by atoms with Gasteiger partial charge in [-0.05, 0) is 52.7 Å². The Morgan fingerprint density at radius 2 is 1.89 bits per heavy atom. The lowest BCUT2D eigenvalue weighted by Crippen LogP contribution is -2.38. The number of rotatable bonds is 10. The quantitative estimate of drug-likeness (QED) is 0.262. The third-order valence-corrected chi connectivity index (χ3v) is 7.42. The van der Waals surface area contributed by atoms with Crippen LogP contribution in [0.5, 0.6) is 0 Å². The first-order chi connectivity index (χ1) is 17.1. The number of halogens is 3. The van der Waals surface area contributed by atoms with Gasteiger partial charge in [0, 0.05) is 30.4 Å². The molecule has 0 atom stereocenters. The van der Waals surface area contributed by atoms with E-state index >= 15 is 0 Å². The van der Waals surface area contributed by atoms with Gasteiger partial charge >= 0.3 is 6.09 Å². The van der Waals surface area contributed by atoms with Crippen LogP contribution in [0.3, 0.4) is 0 Å². The van der Waals surface area contributed by atoms with Crippen molar-refractivity contribution in [2.75, 3.05) is 26.7 Å². The highest BCUT2D eigenvalue weighted by atomic mass is 79.9. The molecule has 0 fully saturated rings. The van der Waals surface area contributed by atoms with Crippen LogP contribution in [-0.4, -0.2) is 57.1 Å². The summed E-state index contributed by atoms with van der Waals surface area (Å²) in [4.78, 5) is 29.8. The zero-order valence-electron chi connectivity index (χ0n) is 18.9. The Bertz CT molecular complexity index is 1370. The zero-order chi connectivity index (χ0) is 26.3. The summed E-state index contributed by atoms with van der Waals surface area (Å²) in [5, 5.41) is 4.80. The second-order valence-electron chi connectivity index (χ2n) is 7.35. The van der Waals surface area contributed by atoms with Crippen molar-refractivity contribution in [2.45, 2.75) is 11.3 Å². The largest absolute Gasteiger partial charge is 0.453 e. The third-order valence-electron chi connectivity index (χ3n) is 4.83. The molecule has 1 heterocycles. The van der Waals surface area contributed by atoms with Gasteiger partial charge in [0.15, 0.2) is 0 Å². The number of benzene rings is 2. The molecule has 0 bridgehead atoms. The number of alkyl carbamates (subject to hydrolysis) is 1. The van der Waals surface area contributed by atoms with Gasteiger partial charge < -0.3 is 20.4 Å². The fourth-order valence-electron chi connectivity index (χ4n) is 3.02. The van der Waals surface area contributed by atoms with Crippen LogP contribution in [0.4, 0.5) is 9.18 Å². The normalized spacial score (nSPS) is 11.2. The molecule has 0 unspecified atom stereocenters. The van der Waals surface area contributed by atoms with E-state index in [0.717, 1.165) is 0 Å². The van der Waals surface area contributed by atoms with E-state index in [0.29, 0.717) is 33.5 Å². The molecule has 0 saturated heterocycles. The van der Waals surface area contributed by atoms with Gasteiger partial charge in [-0.15, -0.1) is 0 Å².